The molecule has 102 valence electrons. The van der Waals surface area contributed by atoms with Crippen molar-refractivity contribution >= 4 is 11.3 Å². The Morgan fingerprint density at radius 1 is 1.32 bits per heavy atom. The predicted molar refractivity (Wildman–Crippen MR) is 75.8 cm³/mol. The second kappa shape index (κ2) is 6.73. The Hall–Kier alpha value is -1.33. The topological polar surface area (TPSA) is 37.8 Å². The van der Waals surface area contributed by atoms with Gasteiger partial charge in [-0.2, -0.15) is 0 Å². The highest BCUT2D eigenvalue weighted by atomic mass is 32.1. The maximum Gasteiger partial charge on any atom is 0.134 e. The van der Waals surface area contributed by atoms with E-state index in [4.69, 9.17) is 0 Å². The number of aromatic nitrogens is 2. The monoisotopic (exact) mass is 279 g/mol. The molecule has 1 aromatic carbocycles. The van der Waals surface area contributed by atoms with Crippen molar-refractivity contribution in [2.75, 3.05) is 6.54 Å². The second-order valence-electron chi connectivity index (χ2n) is 4.48. The maximum atomic E-state index is 13.6. The van der Waals surface area contributed by atoms with Gasteiger partial charge in [0.2, 0.25) is 0 Å². The van der Waals surface area contributed by atoms with Crippen LogP contribution in [0.15, 0.2) is 24.3 Å². The number of benzene rings is 1. The van der Waals surface area contributed by atoms with Crippen LogP contribution in [0.4, 0.5) is 4.39 Å². The maximum absolute atomic E-state index is 13.6. The van der Waals surface area contributed by atoms with Crippen molar-refractivity contribution in [1.29, 1.82) is 0 Å². The van der Waals surface area contributed by atoms with Gasteiger partial charge < -0.3 is 5.32 Å². The fourth-order valence-electron chi connectivity index (χ4n) is 1.77. The van der Waals surface area contributed by atoms with Crippen LogP contribution in [-0.4, -0.2) is 16.7 Å². The van der Waals surface area contributed by atoms with E-state index >= 15 is 0 Å². The van der Waals surface area contributed by atoms with Gasteiger partial charge in [-0.15, -0.1) is 10.2 Å². The number of rotatable bonds is 6. The molecule has 3 nitrogen and oxygen atoms in total. The first-order valence-corrected chi connectivity index (χ1v) is 7.31. The molecule has 1 atom stereocenters. The standard InChI is InChI=1S/C14H18FN3S/c1-3-8-16-10(2)14-18-17-13(19-14)9-11-6-4-5-7-12(11)15/h4-7,10,16H,3,8-9H2,1-2H3. The van der Waals surface area contributed by atoms with Crippen LogP contribution in [0.3, 0.4) is 0 Å². The van der Waals surface area contributed by atoms with Crippen molar-refractivity contribution < 1.29 is 4.39 Å². The van der Waals surface area contributed by atoms with Gasteiger partial charge in [0.25, 0.3) is 0 Å². The lowest BCUT2D eigenvalue weighted by Crippen LogP contribution is -2.18. The third kappa shape index (κ3) is 3.81. The van der Waals surface area contributed by atoms with Crippen molar-refractivity contribution in [3.63, 3.8) is 0 Å². The molecule has 0 aliphatic heterocycles. The van der Waals surface area contributed by atoms with E-state index in [9.17, 15) is 4.39 Å². The van der Waals surface area contributed by atoms with Gasteiger partial charge in [0.15, 0.2) is 0 Å². The van der Waals surface area contributed by atoms with Crippen LogP contribution in [0, 0.1) is 5.82 Å². The molecule has 0 bridgehead atoms. The van der Waals surface area contributed by atoms with Gasteiger partial charge in [0, 0.05) is 6.42 Å². The summed E-state index contributed by atoms with van der Waals surface area (Å²) >= 11 is 1.54. The Kier molecular flexibility index (Phi) is 4.99. The molecule has 0 spiro atoms. The lowest BCUT2D eigenvalue weighted by Gasteiger charge is -2.08. The average molecular weight is 279 g/mol. The summed E-state index contributed by atoms with van der Waals surface area (Å²) in [5.74, 6) is -0.184. The molecule has 1 aromatic heterocycles. The summed E-state index contributed by atoms with van der Waals surface area (Å²) in [5, 5.41) is 13.5. The summed E-state index contributed by atoms with van der Waals surface area (Å²) < 4.78 is 13.6. The lowest BCUT2D eigenvalue weighted by molar-refractivity contribution is 0.564. The predicted octanol–water partition coefficient (Wildman–Crippen LogP) is 3.33. The molecular weight excluding hydrogens is 261 g/mol. The van der Waals surface area contributed by atoms with Gasteiger partial charge >= 0.3 is 0 Å². The second-order valence-corrected chi connectivity index (χ2v) is 5.57. The van der Waals surface area contributed by atoms with Crippen LogP contribution >= 0.6 is 11.3 Å². The Balaban J connectivity index is 2.03. The summed E-state index contributed by atoms with van der Waals surface area (Å²) in [6.45, 7) is 5.16. The van der Waals surface area contributed by atoms with E-state index in [-0.39, 0.29) is 11.9 Å². The fourth-order valence-corrected chi connectivity index (χ4v) is 2.66. The van der Waals surface area contributed by atoms with Gasteiger partial charge in [-0.25, -0.2) is 4.39 Å². The Morgan fingerprint density at radius 2 is 2.11 bits per heavy atom. The van der Waals surface area contributed by atoms with Crippen LogP contribution < -0.4 is 5.32 Å². The van der Waals surface area contributed by atoms with Crippen LogP contribution in [0.5, 0.6) is 0 Å². The number of hydrogen-bond donors (Lipinski definition) is 1. The molecule has 1 N–H and O–H groups in total. The van der Waals surface area contributed by atoms with Crippen LogP contribution in [-0.2, 0) is 6.42 Å². The first kappa shape index (κ1) is 14.1. The number of halogens is 1. The molecule has 5 heteroatoms. The molecule has 2 aromatic rings. The largest absolute Gasteiger partial charge is 0.308 e. The molecule has 0 fully saturated rings. The summed E-state index contributed by atoms with van der Waals surface area (Å²) in [6, 6.07) is 7.00. The normalized spacial score (nSPS) is 12.6. The molecule has 1 heterocycles. The van der Waals surface area contributed by atoms with Crippen molar-refractivity contribution in [3.8, 4) is 0 Å². The van der Waals surface area contributed by atoms with Crippen molar-refractivity contribution in [3.05, 3.63) is 45.7 Å². The zero-order valence-electron chi connectivity index (χ0n) is 11.2. The van der Waals surface area contributed by atoms with Crippen molar-refractivity contribution in [2.24, 2.45) is 0 Å². The lowest BCUT2D eigenvalue weighted by atomic mass is 10.1. The zero-order chi connectivity index (χ0) is 13.7. The molecule has 0 aliphatic carbocycles. The van der Waals surface area contributed by atoms with Gasteiger partial charge in [-0.3, -0.25) is 0 Å². The molecule has 1 unspecified atom stereocenters. The van der Waals surface area contributed by atoms with Crippen LogP contribution in [0.25, 0.3) is 0 Å². The SMILES string of the molecule is CCCNC(C)c1nnc(Cc2ccccc2F)s1. The Morgan fingerprint density at radius 3 is 2.84 bits per heavy atom. The average Bonchev–Trinajstić information content (AvgIpc) is 2.87. The van der Waals surface area contributed by atoms with Crippen molar-refractivity contribution in [1.82, 2.24) is 15.5 Å². The summed E-state index contributed by atoms with van der Waals surface area (Å²) in [4.78, 5) is 0. The molecule has 0 saturated carbocycles. The number of hydrogen-bond acceptors (Lipinski definition) is 4. The van der Waals surface area contributed by atoms with E-state index < -0.39 is 0 Å². The molecule has 0 aliphatic rings. The highest BCUT2D eigenvalue weighted by Gasteiger charge is 2.12. The summed E-state index contributed by atoms with van der Waals surface area (Å²) in [5.41, 5.74) is 0.666. The van der Waals surface area contributed by atoms with E-state index in [2.05, 4.69) is 29.4 Å². The van der Waals surface area contributed by atoms with E-state index in [0.29, 0.717) is 12.0 Å². The summed E-state index contributed by atoms with van der Waals surface area (Å²) in [7, 11) is 0. The first-order valence-electron chi connectivity index (χ1n) is 6.49. The molecule has 19 heavy (non-hydrogen) atoms. The molecule has 0 amide bonds. The molecule has 2 rings (SSSR count). The third-order valence-corrected chi connectivity index (χ3v) is 3.96. The van der Waals surface area contributed by atoms with Gasteiger partial charge in [-0.05, 0) is 31.5 Å². The van der Waals surface area contributed by atoms with E-state index in [1.165, 1.54) is 6.07 Å². The van der Waals surface area contributed by atoms with Crippen LogP contribution in [0.2, 0.25) is 0 Å². The minimum Gasteiger partial charge on any atom is -0.308 e. The first-order chi connectivity index (χ1) is 9.20. The smallest absolute Gasteiger partial charge is 0.134 e. The zero-order valence-corrected chi connectivity index (χ0v) is 12.0. The number of nitrogens with zero attached hydrogens (tertiary/aromatic N) is 2. The quantitative estimate of drug-likeness (QED) is 0.881. The Bertz CT molecular complexity index is 527. The van der Waals surface area contributed by atoms with Gasteiger partial charge in [0.1, 0.15) is 15.8 Å². The van der Waals surface area contributed by atoms with Crippen LogP contribution in [0.1, 0.15) is 41.9 Å². The third-order valence-electron chi connectivity index (χ3n) is 2.85. The minimum atomic E-state index is -0.184. The fraction of sp³-hybridized carbons (Fsp3) is 0.429. The number of nitrogens with one attached hydrogen (secondary N) is 1. The van der Waals surface area contributed by atoms with Crippen molar-refractivity contribution in [2.45, 2.75) is 32.7 Å². The minimum absolute atomic E-state index is 0.184. The summed E-state index contributed by atoms with van der Waals surface area (Å²) in [6.07, 6.45) is 1.59. The van der Waals surface area contributed by atoms with E-state index in [0.717, 1.165) is 23.0 Å². The molecule has 0 radical (unpaired) electrons. The molecule has 0 saturated heterocycles. The Labute approximate surface area is 116 Å². The van der Waals surface area contributed by atoms with E-state index in [1.807, 2.05) is 6.07 Å². The van der Waals surface area contributed by atoms with Gasteiger partial charge in [-0.1, -0.05) is 36.5 Å². The highest BCUT2D eigenvalue weighted by molar-refractivity contribution is 7.11. The van der Waals surface area contributed by atoms with Gasteiger partial charge in [0.05, 0.1) is 6.04 Å². The van der Waals surface area contributed by atoms with E-state index in [1.54, 1.807) is 23.5 Å². The molecular formula is C14H18FN3S. The highest BCUT2D eigenvalue weighted by Crippen LogP contribution is 2.21.